The summed E-state index contributed by atoms with van der Waals surface area (Å²) in [5.74, 6) is -0.562. The number of rotatable bonds is 69. The van der Waals surface area contributed by atoms with E-state index in [9.17, 15) is 9.90 Å². The minimum Gasteiger partial charge on any atom is -0.469 e. The van der Waals surface area contributed by atoms with Crippen LogP contribution in [0.5, 0.6) is 0 Å². The molecule has 0 aliphatic rings. The van der Waals surface area contributed by atoms with Crippen molar-refractivity contribution in [1.82, 2.24) is 0 Å². The summed E-state index contributed by atoms with van der Waals surface area (Å²) in [5, 5.41) is 10.9. The molecule has 0 radical (unpaired) electrons. The number of methoxy groups -OCH3 is 1. The Morgan fingerprint density at radius 2 is 0.436 bits per heavy atom. The molecule has 0 aromatic rings. The maximum atomic E-state index is 12.5. The van der Waals surface area contributed by atoms with E-state index in [4.69, 9.17) is 4.74 Å². The van der Waals surface area contributed by atoms with E-state index in [1.54, 1.807) is 0 Å². The van der Waals surface area contributed by atoms with Gasteiger partial charge in [0.25, 0.3) is 0 Å². The maximum absolute atomic E-state index is 12.5. The fourth-order valence-electron chi connectivity index (χ4n) is 12.2. The number of hydrogen-bond acceptors (Lipinski definition) is 3. The smallest absolute Gasteiger partial charge is 0.311 e. The number of esters is 1. The Hall–Kier alpha value is -1.09. The molecule has 0 bridgehead atoms. The Balaban J connectivity index is 3.38. The van der Waals surface area contributed by atoms with E-state index in [1.165, 1.54) is 392 Å². The number of carbonyl (C=O) groups is 1. The maximum Gasteiger partial charge on any atom is 0.311 e. The molecule has 0 aromatic carbocycles. The minimum absolute atomic E-state index is 0.214. The first-order chi connectivity index (χ1) is 38.7. The monoisotopic (exact) mass is 1100 g/mol. The Morgan fingerprint density at radius 1 is 0.269 bits per heavy atom. The molecule has 0 aromatic heterocycles. The van der Waals surface area contributed by atoms with Crippen molar-refractivity contribution in [2.45, 2.75) is 437 Å². The first-order valence-corrected chi connectivity index (χ1v) is 36.7. The summed E-state index contributed by atoms with van der Waals surface area (Å²) in [6.45, 7) is 4.60. The summed E-state index contributed by atoms with van der Waals surface area (Å²) in [5.41, 5.74) is 0. The van der Waals surface area contributed by atoms with Crippen LogP contribution < -0.4 is 0 Å². The van der Waals surface area contributed by atoms with Crippen LogP contribution in [0.2, 0.25) is 0 Å². The minimum atomic E-state index is -0.554. The van der Waals surface area contributed by atoms with Gasteiger partial charge in [-0.1, -0.05) is 391 Å². The van der Waals surface area contributed by atoms with Crippen molar-refractivity contribution in [2.75, 3.05) is 7.11 Å². The van der Waals surface area contributed by atoms with E-state index in [0.29, 0.717) is 0 Å². The largest absolute Gasteiger partial charge is 0.469 e. The molecule has 0 saturated heterocycles. The van der Waals surface area contributed by atoms with Crippen LogP contribution in [0, 0.1) is 5.92 Å². The predicted molar refractivity (Wildman–Crippen MR) is 351 cm³/mol. The number of hydrogen-bond donors (Lipinski definition) is 1. The van der Waals surface area contributed by atoms with Gasteiger partial charge in [0, 0.05) is 0 Å². The van der Waals surface area contributed by atoms with Gasteiger partial charge in [0.1, 0.15) is 0 Å². The quantitative estimate of drug-likeness (QED) is 0.0375. The molecule has 0 heterocycles. The van der Waals surface area contributed by atoms with Crippen molar-refractivity contribution < 1.29 is 14.6 Å². The van der Waals surface area contributed by atoms with Crippen LogP contribution in [0.3, 0.4) is 0 Å². The summed E-state index contributed by atoms with van der Waals surface area (Å²) in [7, 11) is 1.48. The highest BCUT2D eigenvalue weighted by atomic mass is 16.5. The third-order valence-electron chi connectivity index (χ3n) is 17.8. The molecule has 2 atom stereocenters. The third-order valence-corrected chi connectivity index (χ3v) is 17.8. The second kappa shape index (κ2) is 70.2. The Bertz CT molecular complexity index is 1140. The average Bonchev–Trinajstić information content (AvgIpc) is 3.45. The number of unbranched alkanes of at least 4 members (excludes halogenated alkanes) is 59. The van der Waals surface area contributed by atoms with Crippen LogP contribution in [-0.4, -0.2) is 24.3 Å². The summed E-state index contributed by atoms with van der Waals surface area (Å²) in [6, 6.07) is 0. The van der Waals surface area contributed by atoms with Crippen molar-refractivity contribution in [1.29, 1.82) is 0 Å². The van der Waals surface area contributed by atoms with Crippen LogP contribution in [0.1, 0.15) is 431 Å². The van der Waals surface area contributed by atoms with E-state index in [-0.39, 0.29) is 11.9 Å². The van der Waals surface area contributed by atoms with Crippen LogP contribution in [0.4, 0.5) is 0 Å². The first kappa shape index (κ1) is 76.9. The summed E-state index contributed by atoms with van der Waals surface area (Å²) in [6.07, 6.45) is 98.3. The summed E-state index contributed by atoms with van der Waals surface area (Å²) >= 11 is 0. The van der Waals surface area contributed by atoms with Crippen LogP contribution in [0.25, 0.3) is 0 Å². The zero-order valence-electron chi connectivity index (χ0n) is 54.2. The van der Waals surface area contributed by atoms with Gasteiger partial charge < -0.3 is 9.84 Å². The van der Waals surface area contributed by atoms with Gasteiger partial charge in [-0.2, -0.15) is 0 Å². The van der Waals surface area contributed by atoms with Crippen LogP contribution in [0.15, 0.2) is 24.3 Å². The lowest BCUT2D eigenvalue weighted by Gasteiger charge is -2.20. The number of ether oxygens (including phenoxy) is 1. The molecule has 464 valence electrons. The molecule has 3 nitrogen and oxygen atoms in total. The van der Waals surface area contributed by atoms with Gasteiger partial charge in [0.05, 0.1) is 19.1 Å². The lowest BCUT2D eigenvalue weighted by Crippen LogP contribution is -2.29. The van der Waals surface area contributed by atoms with Crippen molar-refractivity contribution in [3.8, 4) is 0 Å². The molecule has 1 N–H and O–H groups in total. The molecule has 78 heavy (non-hydrogen) atoms. The fourth-order valence-corrected chi connectivity index (χ4v) is 12.2. The fraction of sp³-hybridized carbons (Fsp3) is 0.933. The Labute approximate surface area is 492 Å². The normalized spacial score (nSPS) is 12.7. The van der Waals surface area contributed by atoms with Gasteiger partial charge >= 0.3 is 5.97 Å². The molecule has 0 fully saturated rings. The van der Waals surface area contributed by atoms with Crippen molar-refractivity contribution >= 4 is 5.97 Å². The second-order valence-electron chi connectivity index (χ2n) is 25.5. The van der Waals surface area contributed by atoms with Gasteiger partial charge in [-0.15, -0.1) is 0 Å². The zero-order valence-corrected chi connectivity index (χ0v) is 54.2. The Morgan fingerprint density at radius 3 is 0.628 bits per heavy atom. The zero-order chi connectivity index (χ0) is 56.2. The van der Waals surface area contributed by atoms with E-state index in [0.717, 1.165) is 32.1 Å². The van der Waals surface area contributed by atoms with Gasteiger partial charge in [-0.25, -0.2) is 0 Å². The summed E-state index contributed by atoms with van der Waals surface area (Å²) < 4.78 is 5.11. The number of carbonyl (C=O) groups excluding carboxylic acids is 1. The molecular formula is C75H146O3. The van der Waals surface area contributed by atoms with Gasteiger partial charge in [-0.05, 0) is 64.2 Å². The lowest BCUT2D eigenvalue weighted by atomic mass is 9.91. The lowest BCUT2D eigenvalue weighted by molar-refractivity contribution is -0.150. The van der Waals surface area contributed by atoms with Crippen molar-refractivity contribution in [3.05, 3.63) is 24.3 Å². The van der Waals surface area contributed by atoms with Gasteiger partial charge in [0.2, 0.25) is 0 Å². The number of aliphatic hydroxyl groups excluding tert-OH is 1. The van der Waals surface area contributed by atoms with Crippen molar-refractivity contribution in [2.24, 2.45) is 5.92 Å². The SMILES string of the molecule is CCCCCCCCCCCCCCCCCCC=CCCCCCCCCCCCCC=CCCCCCCCCCCCCCCCCCC(O)C(CCCCCCCCCCCCCCCCCCCC)C(=O)OC. The number of aliphatic hydroxyl groups is 1. The molecule has 0 aliphatic carbocycles. The van der Waals surface area contributed by atoms with Crippen LogP contribution in [-0.2, 0) is 9.53 Å². The molecule has 2 unspecified atom stereocenters. The average molecular weight is 1100 g/mol. The van der Waals surface area contributed by atoms with E-state index < -0.39 is 6.10 Å². The van der Waals surface area contributed by atoms with E-state index in [2.05, 4.69) is 38.2 Å². The first-order valence-electron chi connectivity index (χ1n) is 36.7. The van der Waals surface area contributed by atoms with Crippen molar-refractivity contribution in [3.63, 3.8) is 0 Å². The highest BCUT2D eigenvalue weighted by molar-refractivity contribution is 5.72. The molecule has 0 saturated carbocycles. The highest BCUT2D eigenvalue weighted by Gasteiger charge is 2.26. The van der Waals surface area contributed by atoms with E-state index in [1.807, 2.05) is 0 Å². The molecule has 0 amide bonds. The topological polar surface area (TPSA) is 46.5 Å². The molecule has 0 spiro atoms. The predicted octanol–water partition coefficient (Wildman–Crippen LogP) is 26.6. The van der Waals surface area contributed by atoms with E-state index >= 15 is 0 Å². The van der Waals surface area contributed by atoms with Gasteiger partial charge in [-0.3, -0.25) is 4.79 Å². The Kier molecular flexibility index (Phi) is 69.2. The van der Waals surface area contributed by atoms with Gasteiger partial charge in [0.15, 0.2) is 0 Å². The third kappa shape index (κ3) is 64.1. The molecular weight excluding hydrogens is 949 g/mol. The molecule has 0 aliphatic heterocycles. The highest BCUT2D eigenvalue weighted by Crippen LogP contribution is 2.23. The number of allylic oxidation sites excluding steroid dienone is 4. The van der Waals surface area contributed by atoms with Crippen LogP contribution >= 0.6 is 0 Å². The molecule has 3 heteroatoms. The standard InChI is InChI=1S/C75H146O3/c1-4-6-8-10-12-14-16-18-20-22-24-25-26-27-28-29-30-31-32-33-34-35-36-37-38-39-40-41-42-43-44-45-46-47-48-49-50-51-52-53-54-56-58-60-62-64-66-68-70-72-74(76)73(75(77)78-3)71-69-67-65-63-61-59-57-55-23-21-19-17-15-13-11-9-7-5-2/h31-32,45-46,73-74,76H,4-30,33-44,47-72H2,1-3H3. The summed E-state index contributed by atoms with van der Waals surface area (Å²) in [4.78, 5) is 12.5. The molecule has 0 rings (SSSR count). The second-order valence-corrected chi connectivity index (χ2v) is 25.5.